The molecule has 0 radical (unpaired) electrons. The Morgan fingerprint density at radius 1 is 1.50 bits per heavy atom. The van der Waals surface area contributed by atoms with E-state index in [-0.39, 0.29) is 5.97 Å². The van der Waals surface area contributed by atoms with E-state index in [9.17, 15) is 4.79 Å². The summed E-state index contributed by atoms with van der Waals surface area (Å²) >= 11 is 0. The van der Waals surface area contributed by atoms with E-state index < -0.39 is 0 Å². The Kier molecular flexibility index (Phi) is 3.94. The van der Waals surface area contributed by atoms with E-state index in [4.69, 9.17) is 9.47 Å². The Labute approximate surface area is 105 Å². The third-order valence-corrected chi connectivity index (χ3v) is 2.67. The summed E-state index contributed by atoms with van der Waals surface area (Å²) in [5.74, 6) is -0.327. The molecule has 0 saturated carbocycles. The monoisotopic (exact) mass is 248 g/mol. The molecular weight excluding hydrogens is 232 g/mol. The van der Waals surface area contributed by atoms with Crippen molar-refractivity contribution in [3.63, 3.8) is 0 Å². The summed E-state index contributed by atoms with van der Waals surface area (Å²) in [4.78, 5) is 16.1. The third kappa shape index (κ3) is 2.36. The fourth-order valence-electron chi connectivity index (χ4n) is 1.88. The summed E-state index contributed by atoms with van der Waals surface area (Å²) in [5.41, 5.74) is 2.22. The molecule has 0 bridgehead atoms. The minimum Gasteiger partial charge on any atom is -0.461 e. The minimum atomic E-state index is -0.327. The van der Waals surface area contributed by atoms with Crippen LogP contribution in [0.4, 0.5) is 0 Å². The molecule has 0 aliphatic carbocycles. The summed E-state index contributed by atoms with van der Waals surface area (Å²) in [6.45, 7) is 3.28. The number of nitrogens with zero attached hydrogens (tertiary/aromatic N) is 2. The first-order valence-electron chi connectivity index (χ1n) is 5.88. The van der Waals surface area contributed by atoms with E-state index in [1.807, 2.05) is 16.7 Å². The lowest BCUT2D eigenvalue weighted by Gasteiger charge is -2.09. The van der Waals surface area contributed by atoms with Gasteiger partial charge < -0.3 is 14.0 Å². The summed E-state index contributed by atoms with van der Waals surface area (Å²) in [5, 5.41) is 0. The lowest BCUT2D eigenvalue weighted by molar-refractivity contribution is 0.0512. The number of ether oxygens (including phenoxy) is 2. The summed E-state index contributed by atoms with van der Waals surface area (Å²) < 4.78 is 12.0. The molecule has 0 aliphatic heterocycles. The van der Waals surface area contributed by atoms with Gasteiger partial charge in [0.05, 0.1) is 24.2 Å². The summed E-state index contributed by atoms with van der Waals surface area (Å²) in [7, 11) is 1.63. The fourth-order valence-corrected chi connectivity index (χ4v) is 1.88. The zero-order valence-electron chi connectivity index (χ0n) is 10.5. The van der Waals surface area contributed by atoms with E-state index in [2.05, 4.69) is 4.98 Å². The van der Waals surface area contributed by atoms with Gasteiger partial charge in [0.15, 0.2) is 0 Å². The summed E-state index contributed by atoms with van der Waals surface area (Å²) in [6.07, 6.45) is 1.71. The van der Waals surface area contributed by atoms with Crippen LogP contribution >= 0.6 is 0 Å². The molecule has 0 atom stereocenters. The third-order valence-electron chi connectivity index (χ3n) is 2.67. The van der Waals surface area contributed by atoms with Crippen LogP contribution in [0.25, 0.3) is 11.0 Å². The molecule has 0 aromatic carbocycles. The average molecular weight is 248 g/mol. The van der Waals surface area contributed by atoms with Gasteiger partial charge in [0.25, 0.3) is 0 Å². The second-order valence-corrected chi connectivity index (χ2v) is 3.80. The van der Waals surface area contributed by atoms with Crippen LogP contribution in [0.2, 0.25) is 0 Å². The van der Waals surface area contributed by atoms with Crippen molar-refractivity contribution in [1.82, 2.24) is 9.55 Å². The smallest absolute Gasteiger partial charge is 0.355 e. The van der Waals surface area contributed by atoms with Crippen molar-refractivity contribution in [1.29, 1.82) is 0 Å². The Bertz CT molecular complexity index is 548. The molecule has 2 aromatic rings. The Morgan fingerprint density at radius 3 is 3.06 bits per heavy atom. The largest absolute Gasteiger partial charge is 0.461 e. The lowest BCUT2D eigenvalue weighted by Crippen LogP contribution is -2.14. The number of rotatable bonds is 5. The van der Waals surface area contributed by atoms with Gasteiger partial charge in [0, 0.05) is 19.9 Å². The number of aromatic nitrogens is 2. The van der Waals surface area contributed by atoms with Crippen molar-refractivity contribution < 1.29 is 14.3 Å². The Hall–Kier alpha value is -1.88. The molecule has 0 saturated heterocycles. The molecule has 5 nitrogen and oxygen atoms in total. The highest BCUT2D eigenvalue weighted by Gasteiger charge is 2.16. The maximum absolute atomic E-state index is 11.9. The molecule has 0 spiro atoms. The molecule has 96 valence electrons. The van der Waals surface area contributed by atoms with Gasteiger partial charge >= 0.3 is 5.97 Å². The van der Waals surface area contributed by atoms with Crippen LogP contribution in [0.15, 0.2) is 24.4 Å². The van der Waals surface area contributed by atoms with Crippen molar-refractivity contribution in [2.24, 2.45) is 0 Å². The number of hydrogen-bond acceptors (Lipinski definition) is 4. The van der Waals surface area contributed by atoms with Gasteiger partial charge in [-0.15, -0.1) is 0 Å². The number of carbonyl (C=O) groups is 1. The van der Waals surface area contributed by atoms with Crippen molar-refractivity contribution in [3.8, 4) is 0 Å². The molecule has 2 rings (SSSR count). The molecule has 0 N–H and O–H groups in total. The highest BCUT2D eigenvalue weighted by molar-refractivity contribution is 5.94. The van der Waals surface area contributed by atoms with Gasteiger partial charge in [-0.25, -0.2) is 4.79 Å². The first-order chi connectivity index (χ1) is 8.77. The zero-order chi connectivity index (χ0) is 13.0. The second kappa shape index (κ2) is 5.64. The molecule has 5 heteroatoms. The van der Waals surface area contributed by atoms with Gasteiger partial charge in [-0.2, -0.15) is 0 Å². The van der Waals surface area contributed by atoms with Crippen LogP contribution in [0.1, 0.15) is 17.4 Å². The van der Waals surface area contributed by atoms with Crippen LogP contribution in [0.5, 0.6) is 0 Å². The lowest BCUT2D eigenvalue weighted by atomic mass is 10.4. The highest BCUT2D eigenvalue weighted by Crippen LogP contribution is 2.18. The van der Waals surface area contributed by atoms with E-state index >= 15 is 0 Å². The fraction of sp³-hybridized carbons (Fsp3) is 0.385. The number of esters is 1. The van der Waals surface area contributed by atoms with Crippen molar-refractivity contribution >= 4 is 17.0 Å². The average Bonchev–Trinajstić information content (AvgIpc) is 2.75. The van der Waals surface area contributed by atoms with Crippen LogP contribution in [0.3, 0.4) is 0 Å². The standard InChI is InChI=1S/C13H16N2O3/c1-3-18-13(16)12-9-10-11(5-4-6-14-10)15(12)7-8-17-2/h4-6,9H,3,7-8H2,1-2H3. The summed E-state index contributed by atoms with van der Waals surface area (Å²) in [6, 6.07) is 5.53. The van der Waals surface area contributed by atoms with Gasteiger partial charge in [0.2, 0.25) is 0 Å². The second-order valence-electron chi connectivity index (χ2n) is 3.80. The molecule has 0 fully saturated rings. The van der Waals surface area contributed by atoms with Crippen LogP contribution in [-0.4, -0.2) is 35.8 Å². The quantitative estimate of drug-likeness (QED) is 0.758. The maximum atomic E-state index is 11.9. The van der Waals surface area contributed by atoms with E-state index in [1.54, 1.807) is 26.3 Å². The number of methoxy groups -OCH3 is 1. The first-order valence-corrected chi connectivity index (χ1v) is 5.88. The molecule has 0 unspecified atom stereocenters. The van der Waals surface area contributed by atoms with Gasteiger partial charge in [-0.3, -0.25) is 4.98 Å². The van der Waals surface area contributed by atoms with Crippen LogP contribution in [0, 0.1) is 0 Å². The number of carbonyl (C=O) groups excluding carboxylic acids is 1. The minimum absolute atomic E-state index is 0.327. The molecule has 2 aromatic heterocycles. The number of fused-ring (bicyclic) bond motifs is 1. The van der Waals surface area contributed by atoms with Gasteiger partial charge in [-0.1, -0.05) is 0 Å². The number of hydrogen-bond donors (Lipinski definition) is 0. The normalized spacial score (nSPS) is 10.8. The molecule has 18 heavy (non-hydrogen) atoms. The van der Waals surface area contributed by atoms with E-state index in [1.165, 1.54) is 0 Å². The van der Waals surface area contributed by atoms with E-state index in [0.29, 0.717) is 25.5 Å². The predicted octanol–water partition coefficient (Wildman–Crippen LogP) is 1.86. The highest BCUT2D eigenvalue weighted by atomic mass is 16.5. The van der Waals surface area contributed by atoms with Crippen LogP contribution in [-0.2, 0) is 16.0 Å². The topological polar surface area (TPSA) is 53.3 Å². The maximum Gasteiger partial charge on any atom is 0.355 e. The Morgan fingerprint density at radius 2 is 2.33 bits per heavy atom. The predicted molar refractivity (Wildman–Crippen MR) is 67.6 cm³/mol. The van der Waals surface area contributed by atoms with Crippen molar-refractivity contribution in [2.45, 2.75) is 13.5 Å². The Balaban J connectivity index is 2.46. The van der Waals surface area contributed by atoms with Crippen molar-refractivity contribution in [2.75, 3.05) is 20.3 Å². The molecule has 2 heterocycles. The van der Waals surface area contributed by atoms with Crippen molar-refractivity contribution in [3.05, 3.63) is 30.1 Å². The number of pyridine rings is 1. The molecule has 0 aliphatic rings. The van der Waals surface area contributed by atoms with Gasteiger partial charge in [-0.05, 0) is 25.1 Å². The molecule has 0 amide bonds. The van der Waals surface area contributed by atoms with E-state index in [0.717, 1.165) is 11.0 Å². The molecular formula is C13H16N2O3. The van der Waals surface area contributed by atoms with Gasteiger partial charge in [0.1, 0.15) is 5.69 Å². The first kappa shape index (κ1) is 12.6. The van der Waals surface area contributed by atoms with Crippen LogP contribution < -0.4 is 0 Å². The SMILES string of the molecule is CCOC(=O)c1cc2ncccc2n1CCOC. The zero-order valence-corrected chi connectivity index (χ0v) is 10.5.